The zero-order chi connectivity index (χ0) is 17.5. The minimum Gasteiger partial charge on any atom is -0.444 e. The van der Waals surface area contributed by atoms with Crippen LogP contribution < -0.4 is 0 Å². The SMILES string of the molecule is COC(O)Cc1cc(C2CC3(C2)CN(C(=O)OC(C)(C)C)C3)no1. The lowest BCUT2D eigenvalue weighted by Gasteiger charge is -2.58. The summed E-state index contributed by atoms with van der Waals surface area (Å²) in [5, 5.41) is 13.6. The minimum atomic E-state index is -0.868. The summed E-state index contributed by atoms with van der Waals surface area (Å²) in [5.74, 6) is 0.993. The first-order valence-corrected chi connectivity index (χ1v) is 8.34. The molecule has 1 spiro atoms. The topological polar surface area (TPSA) is 85.0 Å². The van der Waals surface area contributed by atoms with Crippen LogP contribution in [0.3, 0.4) is 0 Å². The Bertz CT molecular complexity index is 592. The zero-order valence-electron chi connectivity index (χ0n) is 14.7. The number of aromatic nitrogens is 1. The van der Waals surface area contributed by atoms with Gasteiger partial charge in [-0.15, -0.1) is 0 Å². The van der Waals surface area contributed by atoms with Gasteiger partial charge in [0.1, 0.15) is 11.4 Å². The molecule has 3 rings (SSSR count). The number of methoxy groups -OCH3 is 1. The normalized spacial score (nSPS) is 21.3. The van der Waals surface area contributed by atoms with Crippen LogP contribution in [0.1, 0.15) is 51.0 Å². The summed E-state index contributed by atoms with van der Waals surface area (Å²) < 4.78 is 15.5. The van der Waals surface area contributed by atoms with E-state index in [1.54, 1.807) is 4.90 Å². The van der Waals surface area contributed by atoms with Gasteiger partial charge in [0.05, 0.1) is 12.1 Å². The number of nitrogens with zero attached hydrogens (tertiary/aromatic N) is 2. The van der Waals surface area contributed by atoms with E-state index in [1.165, 1.54) is 7.11 Å². The van der Waals surface area contributed by atoms with Crippen molar-refractivity contribution in [3.05, 3.63) is 17.5 Å². The lowest BCUT2D eigenvalue weighted by atomic mass is 9.57. The average Bonchev–Trinajstić information content (AvgIpc) is 2.81. The molecular formula is C17H26N2O5. The van der Waals surface area contributed by atoms with E-state index < -0.39 is 11.9 Å². The third-order valence-corrected chi connectivity index (χ3v) is 4.71. The summed E-state index contributed by atoms with van der Waals surface area (Å²) in [6, 6.07) is 1.89. The zero-order valence-corrected chi connectivity index (χ0v) is 14.7. The number of aliphatic hydroxyl groups excluding tert-OH is 1. The molecule has 7 heteroatoms. The van der Waals surface area contributed by atoms with Crippen molar-refractivity contribution < 1.29 is 23.9 Å². The molecule has 1 N–H and O–H groups in total. The predicted molar refractivity (Wildman–Crippen MR) is 85.4 cm³/mol. The van der Waals surface area contributed by atoms with Gasteiger partial charge in [-0.2, -0.15) is 0 Å². The van der Waals surface area contributed by atoms with Crippen LogP contribution in [-0.4, -0.2) is 53.3 Å². The van der Waals surface area contributed by atoms with Crippen LogP contribution in [0.15, 0.2) is 10.6 Å². The summed E-state index contributed by atoms with van der Waals surface area (Å²) in [4.78, 5) is 13.8. The summed E-state index contributed by atoms with van der Waals surface area (Å²) in [6.07, 6.45) is 1.21. The highest BCUT2D eigenvalue weighted by molar-refractivity contribution is 5.69. The molecule has 1 aliphatic carbocycles. The highest BCUT2D eigenvalue weighted by atomic mass is 16.6. The van der Waals surface area contributed by atoms with E-state index in [0.717, 1.165) is 31.6 Å². The van der Waals surface area contributed by atoms with Crippen molar-refractivity contribution in [2.24, 2.45) is 5.41 Å². The fourth-order valence-electron chi connectivity index (χ4n) is 3.54. The molecule has 1 aromatic heterocycles. The van der Waals surface area contributed by atoms with E-state index in [0.29, 0.717) is 18.1 Å². The van der Waals surface area contributed by atoms with Crippen LogP contribution in [0.2, 0.25) is 0 Å². The third kappa shape index (κ3) is 3.57. The third-order valence-electron chi connectivity index (χ3n) is 4.71. The number of amides is 1. The summed E-state index contributed by atoms with van der Waals surface area (Å²) in [7, 11) is 1.45. The quantitative estimate of drug-likeness (QED) is 0.848. The minimum absolute atomic E-state index is 0.215. The predicted octanol–water partition coefficient (Wildman–Crippen LogP) is 2.30. The molecule has 24 heavy (non-hydrogen) atoms. The maximum Gasteiger partial charge on any atom is 0.410 e. The van der Waals surface area contributed by atoms with E-state index in [9.17, 15) is 9.90 Å². The molecule has 0 radical (unpaired) electrons. The molecule has 1 aliphatic heterocycles. The first-order chi connectivity index (χ1) is 11.2. The van der Waals surface area contributed by atoms with Crippen LogP contribution in [0.5, 0.6) is 0 Å². The number of carbonyl (C=O) groups is 1. The maximum absolute atomic E-state index is 12.0. The van der Waals surface area contributed by atoms with Crippen LogP contribution in [0.25, 0.3) is 0 Å². The van der Waals surface area contributed by atoms with Crippen molar-refractivity contribution in [3.8, 4) is 0 Å². The molecule has 1 amide bonds. The van der Waals surface area contributed by atoms with Crippen molar-refractivity contribution in [1.82, 2.24) is 10.1 Å². The first-order valence-electron chi connectivity index (χ1n) is 8.34. The molecule has 7 nitrogen and oxygen atoms in total. The van der Waals surface area contributed by atoms with E-state index in [-0.39, 0.29) is 11.5 Å². The molecule has 1 aromatic rings. The van der Waals surface area contributed by atoms with Gasteiger partial charge in [-0.05, 0) is 33.6 Å². The highest BCUT2D eigenvalue weighted by Crippen LogP contribution is 2.56. The van der Waals surface area contributed by atoms with Gasteiger partial charge in [0.25, 0.3) is 0 Å². The van der Waals surface area contributed by atoms with Gasteiger partial charge in [-0.1, -0.05) is 5.16 Å². The molecule has 1 saturated carbocycles. The second kappa shape index (κ2) is 6.04. The second-order valence-electron chi connectivity index (χ2n) is 8.05. The van der Waals surface area contributed by atoms with Crippen LogP contribution in [0.4, 0.5) is 4.79 Å². The van der Waals surface area contributed by atoms with E-state index in [4.69, 9.17) is 14.0 Å². The maximum atomic E-state index is 12.0. The molecule has 1 unspecified atom stereocenters. The smallest absolute Gasteiger partial charge is 0.410 e. The number of hydrogen-bond acceptors (Lipinski definition) is 6. The van der Waals surface area contributed by atoms with Gasteiger partial charge in [0.2, 0.25) is 0 Å². The van der Waals surface area contributed by atoms with Crippen LogP contribution in [0, 0.1) is 5.41 Å². The van der Waals surface area contributed by atoms with Crippen molar-refractivity contribution in [1.29, 1.82) is 0 Å². The lowest BCUT2D eigenvalue weighted by Crippen LogP contribution is -2.63. The van der Waals surface area contributed by atoms with E-state index in [2.05, 4.69) is 5.16 Å². The molecule has 1 saturated heterocycles. The molecule has 134 valence electrons. The van der Waals surface area contributed by atoms with Crippen molar-refractivity contribution in [3.63, 3.8) is 0 Å². The number of ether oxygens (including phenoxy) is 2. The molecule has 0 bridgehead atoms. The Morgan fingerprint density at radius 3 is 2.75 bits per heavy atom. The van der Waals surface area contributed by atoms with Crippen molar-refractivity contribution in [2.45, 2.75) is 57.8 Å². The Morgan fingerprint density at radius 1 is 1.50 bits per heavy atom. The van der Waals surface area contributed by atoms with Crippen LogP contribution in [-0.2, 0) is 15.9 Å². The largest absolute Gasteiger partial charge is 0.444 e. The monoisotopic (exact) mass is 338 g/mol. The molecule has 0 aromatic carbocycles. The fraction of sp³-hybridized carbons (Fsp3) is 0.765. The summed E-state index contributed by atoms with van der Waals surface area (Å²) in [5.41, 5.74) is 0.688. The molecule has 2 heterocycles. The second-order valence-corrected chi connectivity index (χ2v) is 8.05. The fourth-order valence-corrected chi connectivity index (χ4v) is 3.54. The average molecular weight is 338 g/mol. The number of carbonyl (C=O) groups excluding carboxylic acids is 1. The first kappa shape index (κ1) is 17.2. The van der Waals surface area contributed by atoms with Crippen molar-refractivity contribution in [2.75, 3.05) is 20.2 Å². The molecule has 2 aliphatic rings. The lowest BCUT2D eigenvalue weighted by molar-refractivity contribution is -0.0796. The van der Waals surface area contributed by atoms with E-state index in [1.807, 2.05) is 26.8 Å². The number of hydrogen-bond donors (Lipinski definition) is 1. The Labute approximate surface area is 141 Å². The van der Waals surface area contributed by atoms with Gasteiger partial charge in [-0.25, -0.2) is 4.79 Å². The number of rotatable bonds is 4. The Balaban J connectivity index is 1.46. The van der Waals surface area contributed by atoms with Gasteiger partial charge in [0, 0.05) is 37.6 Å². The number of likely N-dealkylation sites (tertiary alicyclic amines) is 1. The highest BCUT2D eigenvalue weighted by Gasteiger charge is 2.55. The molecule has 1 atom stereocenters. The van der Waals surface area contributed by atoms with Gasteiger partial charge >= 0.3 is 6.09 Å². The standard InChI is InChI=1S/C17H26N2O5/c1-16(2,3)23-15(21)19-9-17(10-19)7-11(8-17)13-5-12(24-18-13)6-14(20)22-4/h5,11,14,20H,6-10H2,1-4H3. The number of aliphatic hydroxyl groups is 1. The molecule has 2 fully saturated rings. The van der Waals surface area contributed by atoms with Crippen LogP contribution >= 0.6 is 0 Å². The Hall–Kier alpha value is -1.60. The summed E-state index contributed by atoms with van der Waals surface area (Å²) >= 11 is 0. The van der Waals surface area contributed by atoms with E-state index >= 15 is 0 Å². The van der Waals surface area contributed by atoms with Gasteiger partial charge < -0.3 is 24.0 Å². The Kier molecular flexibility index (Phi) is 4.34. The Morgan fingerprint density at radius 2 is 2.17 bits per heavy atom. The van der Waals surface area contributed by atoms with Gasteiger partial charge in [-0.3, -0.25) is 0 Å². The van der Waals surface area contributed by atoms with Crippen molar-refractivity contribution >= 4 is 6.09 Å². The van der Waals surface area contributed by atoms with Gasteiger partial charge in [0.15, 0.2) is 6.29 Å². The summed E-state index contributed by atoms with van der Waals surface area (Å²) in [6.45, 7) is 7.14. The molecular weight excluding hydrogens is 312 g/mol.